The summed E-state index contributed by atoms with van der Waals surface area (Å²) in [5.74, 6) is -5.75. The first-order chi connectivity index (χ1) is 19.3. The number of ketones is 1. The molecule has 13 nitrogen and oxygen atoms in total. The predicted molar refractivity (Wildman–Crippen MR) is 146 cm³/mol. The smallest absolute Gasteiger partial charge is 0.339 e. The molecule has 0 radical (unpaired) electrons. The van der Waals surface area contributed by atoms with Crippen molar-refractivity contribution >= 4 is 55.2 Å². The number of fused-ring (bicyclic) bond motifs is 1. The van der Waals surface area contributed by atoms with Crippen molar-refractivity contribution in [1.29, 1.82) is 0 Å². The van der Waals surface area contributed by atoms with Gasteiger partial charge in [-0.15, -0.1) is 0 Å². The van der Waals surface area contributed by atoms with Crippen LogP contribution in [0.1, 0.15) is 54.1 Å². The highest BCUT2D eigenvalue weighted by molar-refractivity contribution is 7.91. The van der Waals surface area contributed by atoms with Crippen molar-refractivity contribution in [3.8, 4) is 11.5 Å². The van der Waals surface area contributed by atoms with E-state index in [1.165, 1.54) is 26.0 Å². The van der Waals surface area contributed by atoms with E-state index in [-0.39, 0.29) is 39.0 Å². The van der Waals surface area contributed by atoms with Crippen LogP contribution in [0.5, 0.6) is 11.5 Å². The molecule has 0 amide bonds. The highest BCUT2D eigenvalue weighted by atomic mass is 32.2. The van der Waals surface area contributed by atoms with Crippen LogP contribution in [0.2, 0.25) is 0 Å². The van der Waals surface area contributed by atoms with Gasteiger partial charge in [-0.1, -0.05) is 6.07 Å². The zero-order valence-corrected chi connectivity index (χ0v) is 23.1. The number of carbonyl (C=O) groups excluding carboxylic acids is 1. The van der Waals surface area contributed by atoms with Crippen molar-refractivity contribution in [3.63, 3.8) is 0 Å². The molecule has 42 heavy (non-hydrogen) atoms. The zero-order valence-electron chi connectivity index (χ0n) is 21.5. The largest absolute Gasteiger partial charge is 0.507 e. The molecule has 1 aliphatic rings. The Bertz CT molecular complexity index is 1960. The molecular formula is C27H20O13S2. The number of carboxylic acid groups (broad SMARTS) is 2. The molecule has 0 saturated heterocycles. The Morgan fingerprint density at radius 1 is 0.714 bits per heavy atom. The third kappa shape index (κ3) is 5.28. The lowest BCUT2D eigenvalue weighted by atomic mass is 9.81. The fourth-order valence-electron chi connectivity index (χ4n) is 4.57. The molecule has 15 heteroatoms. The SMILES string of the molecule is Cc1cc(C(=C2C(=O)C(S(=O)(=O)O)=Cc3cc(S(=O)(=O)O)ccc32)c2cc(C)c(O)c(C(=O)O)c2)cc(C(=O)O)c1O. The van der Waals surface area contributed by atoms with Gasteiger partial charge in [0.15, 0.2) is 0 Å². The van der Waals surface area contributed by atoms with Crippen LogP contribution in [0.4, 0.5) is 0 Å². The van der Waals surface area contributed by atoms with Crippen LogP contribution in [0.25, 0.3) is 17.2 Å². The number of Topliss-reactive ketones (excluding diaryl/α,β-unsaturated/α-hetero) is 1. The minimum Gasteiger partial charge on any atom is -0.507 e. The summed E-state index contributed by atoms with van der Waals surface area (Å²) in [6, 6.07) is 7.15. The Balaban J connectivity index is 2.30. The molecule has 0 spiro atoms. The number of benzene rings is 3. The first kappa shape index (κ1) is 30.1. The molecule has 1 aliphatic carbocycles. The maximum absolute atomic E-state index is 13.8. The summed E-state index contributed by atoms with van der Waals surface area (Å²) in [7, 11) is -10.1. The summed E-state index contributed by atoms with van der Waals surface area (Å²) >= 11 is 0. The third-order valence-corrected chi connectivity index (χ3v) is 8.20. The van der Waals surface area contributed by atoms with E-state index in [2.05, 4.69) is 0 Å². The molecule has 4 rings (SSSR count). The van der Waals surface area contributed by atoms with Crippen molar-refractivity contribution in [1.82, 2.24) is 0 Å². The summed E-state index contributed by atoms with van der Waals surface area (Å²) in [6.45, 7) is 2.66. The van der Waals surface area contributed by atoms with E-state index in [1.54, 1.807) is 0 Å². The molecule has 0 saturated carbocycles. The monoisotopic (exact) mass is 616 g/mol. The van der Waals surface area contributed by atoms with E-state index < -0.39 is 76.0 Å². The van der Waals surface area contributed by atoms with Crippen LogP contribution in [0.15, 0.2) is 52.3 Å². The lowest BCUT2D eigenvalue weighted by Crippen LogP contribution is -2.20. The van der Waals surface area contributed by atoms with E-state index >= 15 is 0 Å². The van der Waals surface area contributed by atoms with Gasteiger partial charge in [-0.2, -0.15) is 16.8 Å². The van der Waals surface area contributed by atoms with Gasteiger partial charge in [0.2, 0.25) is 5.78 Å². The number of carbonyl (C=O) groups is 3. The van der Waals surface area contributed by atoms with Gasteiger partial charge in [0.05, 0.1) is 4.90 Å². The summed E-state index contributed by atoms with van der Waals surface area (Å²) in [4.78, 5) is 35.7. The van der Waals surface area contributed by atoms with E-state index in [0.29, 0.717) is 6.08 Å². The molecule has 6 N–H and O–H groups in total. The molecular weight excluding hydrogens is 596 g/mol. The Hall–Kier alpha value is -4.83. The van der Waals surface area contributed by atoms with E-state index in [1.807, 2.05) is 0 Å². The predicted octanol–water partition coefficient (Wildman–Crippen LogP) is 3.13. The van der Waals surface area contributed by atoms with Crippen molar-refractivity contribution in [2.45, 2.75) is 18.7 Å². The summed E-state index contributed by atoms with van der Waals surface area (Å²) in [6.07, 6.45) is 0.679. The van der Waals surface area contributed by atoms with Crippen LogP contribution in [0, 0.1) is 13.8 Å². The second-order valence-electron chi connectivity index (χ2n) is 9.28. The number of phenols is 2. The molecule has 3 aromatic carbocycles. The number of hydrogen-bond acceptors (Lipinski definition) is 9. The number of allylic oxidation sites excluding steroid dienone is 2. The maximum atomic E-state index is 13.8. The Labute approximate surface area is 237 Å². The molecule has 0 atom stereocenters. The molecule has 0 aromatic heterocycles. The minimum absolute atomic E-state index is 0.00675. The van der Waals surface area contributed by atoms with Crippen LogP contribution in [0.3, 0.4) is 0 Å². The van der Waals surface area contributed by atoms with Crippen LogP contribution in [-0.4, -0.2) is 64.1 Å². The van der Waals surface area contributed by atoms with Gasteiger partial charge in [0, 0.05) is 11.1 Å². The highest BCUT2D eigenvalue weighted by Crippen LogP contribution is 2.43. The summed E-state index contributed by atoms with van der Waals surface area (Å²) in [5.41, 5.74) is -2.77. The Kier molecular flexibility index (Phi) is 7.33. The first-order valence-corrected chi connectivity index (χ1v) is 14.5. The Morgan fingerprint density at radius 2 is 1.19 bits per heavy atom. The van der Waals surface area contributed by atoms with Crippen LogP contribution in [-0.2, 0) is 25.0 Å². The number of aromatic hydroxyl groups is 2. The Morgan fingerprint density at radius 3 is 1.60 bits per heavy atom. The fourth-order valence-corrected chi connectivity index (χ4v) is 5.70. The van der Waals surface area contributed by atoms with Gasteiger partial charge in [0.1, 0.15) is 27.5 Å². The van der Waals surface area contributed by atoms with Crippen molar-refractivity contribution in [2.75, 3.05) is 0 Å². The van der Waals surface area contributed by atoms with Crippen LogP contribution < -0.4 is 0 Å². The highest BCUT2D eigenvalue weighted by Gasteiger charge is 2.35. The number of aromatic carboxylic acids is 2. The number of rotatable bonds is 6. The lowest BCUT2D eigenvalue weighted by Gasteiger charge is -2.23. The maximum Gasteiger partial charge on any atom is 0.339 e. The molecule has 0 fully saturated rings. The molecule has 0 aliphatic heterocycles. The van der Waals surface area contributed by atoms with Crippen molar-refractivity contribution in [3.05, 3.63) is 91.9 Å². The number of carboxylic acids is 2. The van der Waals surface area contributed by atoms with Crippen molar-refractivity contribution in [2.24, 2.45) is 0 Å². The average Bonchev–Trinajstić information content (AvgIpc) is 2.87. The summed E-state index contributed by atoms with van der Waals surface area (Å²) in [5, 5.41) is 40.1. The van der Waals surface area contributed by atoms with E-state index in [9.17, 15) is 60.8 Å². The zero-order chi connectivity index (χ0) is 31.5. The van der Waals surface area contributed by atoms with E-state index in [0.717, 1.165) is 30.3 Å². The first-order valence-electron chi connectivity index (χ1n) is 11.6. The normalized spacial score (nSPS) is 13.4. The van der Waals surface area contributed by atoms with Gasteiger partial charge in [-0.25, -0.2) is 9.59 Å². The molecule has 0 unspecified atom stereocenters. The summed E-state index contributed by atoms with van der Waals surface area (Å²) < 4.78 is 67.5. The van der Waals surface area contributed by atoms with Crippen molar-refractivity contribution < 1.29 is 60.8 Å². The van der Waals surface area contributed by atoms with E-state index in [4.69, 9.17) is 0 Å². The molecule has 3 aromatic rings. The van der Waals surface area contributed by atoms with Gasteiger partial charge in [-0.3, -0.25) is 13.9 Å². The van der Waals surface area contributed by atoms with Gasteiger partial charge < -0.3 is 20.4 Å². The number of hydrogen-bond donors (Lipinski definition) is 6. The van der Waals surface area contributed by atoms with Crippen LogP contribution >= 0.6 is 0 Å². The third-order valence-electron chi connectivity index (χ3n) is 6.49. The average molecular weight is 617 g/mol. The standard InChI is InChI=1S/C27H20O13S2/c1-11-5-14(8-18(23(11)28)26(31)32)21(15-6-12(2)24(29)19(9-15)27(33)34)22-17-4-3-16(41(35,36)37)7-13(17)10-20(25(22)30)42(38,39)40/h3-10,28-29H,1-2H3,(H,31,32)(H,33,34)(H,35,36,37)(H,38,39,40). The molecule has 0 bridgehead atoms. The molecule has 218 valence electrons. The lowest BCUT2D eigenvalue weighted by molar-refractivity contribution is -0.109. The quantitative estimate of drug-likeness (QED) is 0.172. The second kappa shape index (κ2) is 10.2. The number of aryl methyl sites for hydroxylation is 2. The minimum atomic E-state index is -5.27. The van der Waals surface area contributed by atoms with Gasteiger partial charge in [-0.05, 0) is 89.7 Å². The van der Waals surface area contributed by atoms with Gasteiger partial charge >= 0.3 is 11.9 Å². The molecule has 0 heterocycles. The topological polar surface area (TPSA) is 241 Å². The second-order valence-corrected chi connectivity index (χ2v) is 12.1. The fraction of sp³-hybridized carbons (Fsp3) is 0.0741. The van der Waals surface area contributed by atoms with Gasteiger partial charge in [0.25, 0.3) is 20.2 Å².